The number of aryl methyl sites for hydroxylation is 2. The summed E-state index contributed by atoms with van der Waals surface area (Å²) in [5, 5.41) is 2.45. The van der Waals surface area contributed by atoms with Crippen molar-refractivity contribution in [3.63, 3.8) is 0 Å². The number of anilines is 1. The Hall–Kier alpha value is -3.29. The number of nitrogens with zero attached hydrogens (tertiary/aromatic N) is 2. The standard InChI is InChI=1S/C20H23N5O6S2/c1-3-13-10-32-19(22-13)15(8-12-4-6-14(7-5-12)24-33(29,30)31)16(17(21)26)25-9-11(2)18(27)23-20(25)28/h4-7,9-10,15-16,24H,3,8H2,1-2H3,(H2,21,26)(H,23,27,28)(H,29,30,31). The van der Waals surface area contributed by atoms with Crippen LogP contribution in [0.2, 0.25) is 0 Å². The number of amides is 1. The number of thiazole rings is 1. The van der Waals surface area contributed by atoms with E-state index >= 15 is 0 Å². The van der Waals surface area contributed by atoms with Gasteiger partial charge in [-0.1, -0.05) is 19.1 Å². The lowest BCUT2D eigenvalue weighted by Crippen LogP contribution is -2.41. The van der Waals surface area contributed by atoms with Crippen LogP contribution in [-0.2, 0) is 27.9 Å². The number of carbonyl (C=O) groups excluding carboxylic acids is 1. The van der Waals surface area contributed by atoms with Gasteiger partial charge in [0.1, 0.15) is 6.04 Å². The summed E-state index contributed by atoms with van der Waals surface area (Å²) in [5.41, 5.74) is 6.33. The fourth-order valence-electron chi connectivity index (χ4n) is 3.42. The maximum absolute atomic E-state index is 12.6. The van der Waals surface area contributed by atoms with Crippen LogP contribution in [-0.4, -0.2) is 33.4 Å². The molecule has 0 saturated carbocycles. The molecule has 0 radical (unpaired) electrons. The number of aromatic nitrogens is 3. The smallest absolute Gasteiger partial charge is 0.357 e. The molecule has 3 rings (SSSR count). The highest BCUT2D eigenvalue weighted by Gasteiger charge is 2.33. The van der Waals surface area contributed by atoms with E-state index in [9.17, 15) is 22.8 Å². The van der Waals surface area contributed by atoms with E-state index in [-0.39, 0.29) is 17.7 Å². The Labute approximate surface area is 193 Å². The molecule has 0 aliphatic heterocycles. The van der Waals surface area contributed by atoms with Crippen molar-refractivity contribution < 1.29 is 17.8 Å². The molecule has 1 amide bonds. The molecule has 13 heteroatoms. The van der Waals surface area contributed by atoms with Crippen molar-refractivity contribution in [2.45, 2.75) is 38.6 Å². The van der Waals surface area contributed by atoms with Gasteiger partial charge in [0, 0.05) is 23.1 Å². The summed E-state index contributed by atoms with van der Waals surface area (Å²) >= 11 is 1.34. The van der Waals surface area contributed by atoms with E-state index in [2.05, 4.69) is 9.97 Å². The van der Waals surface area contributed by atoms with Gasteiger partial charge in [0.05, 0.1) is 16.4 Å². The predicted molar refractivity (Wildman–Crippen MR) is 124 cm³/mol. The maximum atomic E-state index is 12.6. The molecule has 2 aromatic heterocycles. The highest BCUT2D eigenvalue weighted by atomic mass is 32.2. The molecule has 2 heterocycles. The molecule has 176 valence electrons. The molecule has 3 aromatic rings. The lowest BCUT2D eigenvalue weighted by Gasteiger charge is -2.25. The zero-order valence-corrected chi connectivity index (χ0v) is 19.4. The number of hydrogen-bond donors (Lipinski definition) is 4. The number of nitrogens with two attached hydrogens (primary N) is 1. The third kappa shape index (κ3) is 5.94. The van der Waals surface area contributed by atoms with Crippen molar-refractivity contribution in [3.8, 4) is 0 Å². The second-order valence-electron chi connectivity index (χ2n) is 7.44. The summed E-state index contributed by atoms with van der Waals surface area (Å²) in [6.45, 7) is 3.46. The van der Waals surface area contributed by atoms with Gasteiger partial charge in [-0.25, -0.2) is 9.78 Å². The summed E-state index contributed by atoms with van der Waals surface area (Å²) in [5.74, 6) is -1.41. The van der Waals surface area contributed by atoms with E-state index < -0.39 is 39.4 Å². The topological polar surface area (TPSA) is 177 Å². The number of H-pyrrole nitrogens is 1. The molecule has 0 bridgehead atoms. The Bertz CT molecular complexity index is 1370. The summed E-state index contributed by atoms with van der Waals surface area (Å²) in [6.07, 6.45) is 2.22. The lowest BCUT2D eigenvalue weighted by molar-refractivity contribution is -0.121. The minimum absolute atomic E-state index is 0.152. The maximum Gasteiger partial charge on any atom is 0.357 e. The first-order valence-corrected chi connectivity index (χ1v) is 12.2. The van der Waals surface area contributed by atoms with Gasteiger partial charge in [0.2, 0.25) is 5.91 Å². The van der Waals surface area contributed by atoms with Crippen molar-refractivity contribution in [2.24, 2.45) is 5.73 Å². The monoisotopic (exact) mass is 493 g/mol. The molecular weight excluding hydrogens is 470 g/mol. The third-order valence-electron chi connectivity index (χ3n) is 5.02. The first kappa shape index (κ1) is 24.4. The highest BCUT2D eigenvalue weighted by Crippen LogP contribution is 2.34. The Morgan fingerprint density at radius 1 is 1.30 bits per heavy atom. The average molecular weight is 494 g/mol. The minimum Gasteiger partial charge on any atom is -0.368 e. The van der Waals surface area contributed by atoms with Gasteiger partial charge in [0.25, 0.3) is 5.56 Å². The molecule has 0 spiro atoms. The molecule has 0 aliphatic rings. The summed E-state index contributed by atoms with van der Waals surface area (Å²) in [7, 11) is -4.42. The van der Waals surface area contributed by atoms with Crippen LogP contribution in [0.15, 0.2) is 45.4 Å². The van der Waals surface area contributed by atoms with E-state index in [0.717, 1.165) is 10.3 Å². The Morgan fingerprint density at radius 3 is 2.52 bits per heavy atom. The van der Waals surface area contributed by atoms with Crippen molar-refractivity contribution in [1.82, 2.24) is 14.5 Å². The van der Waals surface area contributed by atoms with E-state index in [1.807, 2.05) is 17.0 Å². The molecule has 5 N–H and O–H groups in total. The third-order valence-corrected chi connectivity index (χ3v) is 6.54. The SMILES string of the molecule is CCc1csc(C(Cc2ccc(NS(=O)(=O)O)cc2)C(C(N)=O)n2cc(C)c(=O)[nH]c2=O)n1. The Kier molecular flexibility index (Phi) is 7.15. The average Bonchev–Trinajstić information content (AvgIpc) is 3.20. The highest BCUT2D eigenvalue weighted by molar-refractivity contribution is 7.87. The lowest BCUT2D eigenvalue weighted by atomic mass is 9.91. The van der Waals surface area contributed by atoms with Crippen LogP contribution >= 0.6 is 11.3 Å². The Morgan fingerprint density at radius 2 is 1.97 bits per heavy atom. The van der Waals surface area contributed by atoms with Gasteiger partial charge < -0.3 is 5.73 Å². The molecule has 0 saturated heterocycles. The zero-order valence-electron chi connectivity index (χ0n) is 17.8. The number of primary amides is 1. The van der Waals surface area contributed by atoms with Gasteiger partial charge in [-0.15, -0.1) is 11.3 Å². The number of hydrogen-bond acceptors (Lipinski definition) is 7. The van der Waals surface area contributed by atoms with Crippen LogP contribution in [0.3, 0.4) is 0 Å². The summed E-state index contributed by atoms with van der Waals surface area (Å²) in [6, 6.07) is 5.01. The van der Waals surface area contributed by atoms with E-state index in [1.165, 1.54) is 36.6 Å². The summed E-state index contributed by atoms with van der Waals surface area (Å²) in [4.78, 5) is 43.8. The van der Waals surface area contributed by atoms with Crippen molar-refractivity contribution >= 4 is 33.2 Å². The fraction of sp³-hybridized carbons (Fsp3) is 0.300. The van der Waals surface area contributed by atoms with Crippen LogP contribution in [0.25, 0.3) is 0 Å². The Balaban J connectivity index is 2.07. The molecule has 2 unspecified atom stereocenters. The second kappa shape index (κ2) is 9.68. The number of rotatable bonds is 9. The number of benzene rings is 1. The van der Waals surface area contributed by atoms with E-state index in [1.54, 1.807) is 12.1 Å². The van der Waals surface area contributed by atoms with Crippen LogP contribution < -0.4 is 21.7 Å². The number of aromatic amines is 1. The first-order valence-electron chi connectivity index (χ1n) is 9.88. The van der Waals surface area contributed by atoms with E-state index in [4.69, 9.17) is 10.3 Å². The van der Waals surface area contributed by atoms with Gasteiger partial charge in [0.15, 0.2) is 0 Å². The molecule has 0 aliphatic carbocycles. The van der Waals surface area contributed by atoms with Crippen molar-refractivity contribution in [3.05, 3.63) is 78.5 Å². The van der Waals surface area contributed by atoms with E-state index in [0.29, 0.717) is 17.0 Å². The quantitative estimate of drug-likeness (QED) is 0.323. The van der Waals surface area contributed by atoms with Gasteiger partial charge in [-0.05, 0) is 37.5 Å². The largest absolute Gasteiger partial charge is 0.368 e. The second-order valence-corrected chi connectivity index (χ2v) is 9.49. The molecule has 1 aromatic carbocycles. The minimum atomic E-state index is -4.42. The van der Waals surface area contributed by atoms with Gasteiger partial charge >= 0.3 is 16.0 Å². The van der Waals surface area contributed by atoms with Crippen LogP contribution in [0.4, 0.5) is 5.69 Å². The molecule has 11 nitrogen and oxygen atoms in total. The first-order chi connectivity index (χ1) is 15.5. The van der Waals surface area contributed by atoms with Crippen LogP contribution in [0.1, 0.15) is 40.7 Å². The molecule has 0 fully saturated rings. The zero-order chi connectivity index (χ0) is 24.3. The van der Waals surface area contributed by atoms with Crippen molar-refractivity contribution in [2.75, 3.05) is 4.72 Å². The normalized spacial score (nSPS) is 13.4. The van der Waals surface area contributed by atoms with Crippen LogP contribution in [0, 0.1) is 6.92 Å². The fourth-order valence-corrected chi connectivity index (χ4v) is 4.89. The molecular formula is C20H23N5O6S2. The number of carbonyl (C=O) groups is 1. The predicted octanol–water partition coefficient (Wildman–Crippen LogP) is 1.13. The van der Waals surface area contributed by atoms with Crippen LogP contribution in [0.5, 0.6) is 0 Å². The number of nitrogens with one attached hydrogen (secondary N) is 2. The van der Waals surface area contributed by atoms with Gasteiger partial charge in [-0.3, -0.25) is 28.4 Å². The van der Waals surface area contributed by atoms with Gasteiger partial charge in [-0.2, -0.15) is 8.42 Å². The summed E-state index contributed by atoms with van der Waals surface area (Å²) < 4.78 is 34.0. The molecule has 2 atom stereocenters. The van der Waals surface area contributed by atoms with Crippen molar-refractivity contribution in [1.29, 1.82) is 0 Å². The molecule has 33 heavy (non-hydrogen) atoms.